The molecule has 1 heterocycles. The number of halogens is 1. The summed E-state index contributed by atoms with van der Waals surface area (Å²) in [7, 11) is 0. The van der Waals surface area contributed by atoms with Crippen molar-refractivity contribution in [2.24, 2.45) is 5.92 Å². The molecular formula is C19H27BrN2O. The number of hydrogen-bond acceptors (Lipinski definition) is 2. The minimum Gasteiger partial charge on any atom is -0.352 e. The van der Waals surface area contributed by atoms with Gasteiger partial charge in [-0.1, -0.05) is 54.2 Å². The average Bonchev–Trinajstić information content (AvgIpc) is 2.57. The molecule has 2 fully saturated rings. The van der Waals surface area contributed by atoms with Crippen LogP contribution in [0.25, 0.3) is 0 Å². The molecule has 2 atom stereocenters. The molecule has 2 N–H and O–H groups in total. The van der Waals surface area contributed by atoms with Crippen LogP contribution >= 0.6 is 15.9 Å². The van der Waals surface area contributed by atoms with Crippen LogP contribution in [0.4, 0.5) is 0 Å². The van der Waals surface area contributed by atoms with Gasteiger partial charge in [0.1, 0.15) is 0 Å². The molecule has 1 aliphatic heterocycles. The monoisotopic (exact) mass is 378 g/mol. The molecule has 2 aliphatic rings. The van der Waals surface area contributed by atoms with E-state index in [1.54, 1.807) is 0 Å². The van der Waals surface area contributed by atoms with Crippen LogP contribution < -0.4 is 10.6 Å². The van der Waals surface area contributed by atoms with E-state index in [1.165, 1.54) is 12.0 Å². The fourth-order valence-electron chi connectivity index (χ4n) is 4.12. The van der Waals surface area contributed by atoms with Gasteiger partial charge in [-0.15, -0.1) is 0 Å². The molecule has 1 aromatic carbocycles. The number of nitrogens with one attached hydrogen (secondary N) is 2. The molecule has 0 bridgehead atoms. The van der Waals surface area contributed by atoms with Gasteiger partial charge in [0.25, 0.3) is 0 Å². The van der Waals surface area contributed by atoms with E-state index in [1.807, 2.05) is 6.07 Å². The number of rotatable bonds is 3. The van der Waals surface area contributed by atoms with Gasteiger partial charge in [0.2, 0.25) is 5.91 Å². The minimum atomic E-state index is -0.341. The number of carbonyl (C=O) groups is 1. The van der Waals surface area contributed by atoms with Crippen molar-refractivity contribution < 1.29 is 4.79 Å². The third-order valence-electron chi connectivity index (χ3n) is 5.62. The summed E-state index contributed by atoms with van der Waals surface area (Å²) in [4.78, 5) is 13.3. The van der Waals surface area contributed by atoms with Gasteiger partial charge in [0.15, 0.2) is 0 Å². The Kier molecular flexibility index (Phi) is 5.42. The fraction of sp³-hybridized carbons (Fsp3) is 0.632. The summed E-state index contributed by atoms with van der Waals surface area (Å²) in [6, 6.07) is 8.65. The van der Waals surface area contributed by atoms with Gasteiger partial charge in [-0.05, 0) is 56.0 Å². The highest BCUT2D eigenvalue weighted by molar-refractivity contribution is 9.10. The first kappa shape index (κ1) is 17.0. The van der Waals surface area contributed by atoms with Gasteiger partial charge in [-0.3, -0.25) is 4.79 Å². The smallest absolute Gasteiger partial charge is 0.230 e. The van der Waals surface area contributed by atoms with Crippen molar-refractivity contribution in [2.75, 3.05) is 13.1 Å². The van der Waals surface area contributed by atoms with Crippen LogP contribution in [0.5, 0.6) is 0 Å². The van der Waals surface area contributed by atoms with E-state index in [0.29, 0.717) is 12.0 Å². The van der Waals surface area contributed by atoms with Gasteiger partial charge < -0.3 is 10.6 Å². The Hall–Kier alpha value is -0.870. The van der Waals surface area contributed by atoms with E-state index < -0.39 is 0 Å². The summed E-state index contributed by atoms with van der Waals surface area (Å²) in [6.07, 6.45) is 6.49. The van der Waals surface area contributed by atoms with E-state index in [-0.39, 0.29) is 11.3 Å². The second kappa shape index (κ2) is 7.35. The van der Waals surface area contributed by atoms with Crippen molar-refractivity contribution in [2.45, 2.75) is 56.9 Å². The Morgan fingerprint density at radius 2 is 2.09 bits per heavy atom. The van der Waals surface area contributed by atoms with E-state index in [4.69, 9.17) is 0 Å². The first-order valence-corrected chi connectivity index (χ1v) is 9.69. The summed E-state index contributed by atoms with van der Waals surface area (Å²) in [6.45, 7) is 4.22. The van der Waals surface area contributed by atoms with Crippen LogP contribution in [0.2, 0.25) is 0 Å². The predicted octanol–water partition coefficient (Wildman–Crippen LogP) is 3.77. The molecule has 1 amide bonds. The van der Waals surface area contributed by atoms with Crippen molar-refractivity contribution in [3.8, 4) is 0 Å². The Bertz CT molecular complexity index is 554. The lowest BCUT2D eigenvalue weighted by atomic mass is 9.68. The lowest BCUT2D eigenvalue weighted by molar-refractivity contribution is -0.129. The summed E-state index contributed by atoms with van der Waals surface area (Å²) in [5.41, 5.74) is 0.831. The second-order valence-electron chi connectivity index (χ2n) is 7.20. The van der Waals surface area contributed by atoms with Crippen LogP contribution in [0.15, 0.2) is 28.7 Å². The van der Waals surface area contributed by atoms with Gasteiger partial charge in [0, 0.05) is 10.5 Å². The Balaban J connectivity index is 1.84. The topological polar surface area (TPSA) is 41.1 Å². The molecule has 0 radical (unpaired) electrons. The van der Waals surface area contributed by atoms with Crippen molar-refractivity contribution in [3.05, 3.63) is 34.3 Å². The average molecular weight is 379 g/mol. The van der Waals surface area contributed by atoms with Crippen molar-refractivity contribution in [3.63, 3.8) is 0 Å². The van der Waals surface area contributed by atoms with Crippen LogP contribution in [0.1, 0.15) is 51.0 Å². The lowest BCUT2D eigenvalue weighted by Crippen LogP contribution is -2.54. The summed E-state index contributed by atoms with van der Waals surface area (Å²) >= 11 is 3.57. The fourth-order valence-corrected chi connectivity index (χ4v) is 4.52. The van der Waals surface area contributed by atoms with E-state index >= 15 is 0 Å². The maximum absolute atomic E-state index is 13.3. The summed E-state index contributed by atoms with van der Waals surface area (Å²) < 4.78 is 1.06. The molecule has 126 valence electrons. The molecule has 1 aromatic rings. The lowest BCUT2D eigenvalue weighted by Gasteiger charge is -2.39. The van der Waals surface area contributed by atoms with Gasteiger partial charge in [-0.25, -0.2) is 0 Å². The minimum absolute atomic E-state index is 0.244. The molecule has 2 unspecified atom stereocenters. The molecular weight excluding hydrogens is 352 g/mol. The molecule has 1 saturated heterocycles. The van der Waals surface area contributed by atoms with Gasteiger partial charge in [-0.2, -0.15) is 0 Å². The zero-order valence-electron chi connectivity index (χ0n) is 13.9. The first-order valence-electron chi connectivity index (χ1n) is 8.89. The highest BCUT2D eigenvalue weighted by atomic mass is 79.9. The van der Waals surface area contributed by atoms with E-state index in [0.717, 1.165) is 49.7 Å². The van der Waals surface area contributed by atoms with Crippen molar-refractivity contribution in [1.82, 2.24) is 10.6 Å². The molecule has 0 aromatic heterocycles. The molecule has 4 heteroatoms. The molecule has 3 nitrogen and oxygen atoms in total. The molecule has 1 aliphatic carbocycles. The zero-order chi connectivity index (χ0) is 16.3. The number of piperidine rings is 1. The van der Waals surface area contributed by atoms with Crippen LogP contribution in [-0.2, 0) is 10.2 Å². The Morgan fingerprint density at radius 1 is 1.30 bits per heavy atom. The SMILES string of the molecule is CC1CNCCC1NC(=O)C1(c2cccc(Br)c2)CCCCC1. The second-order valence-corrected chi connectivity index (χ2v) is 8.12. The Labute approximate surface area is 147 Å². The maximum Gasteiger partial charge on any atom is 0.230 e. The highest BCUT2D eigenvalue weighted by Gasteiger charge is 2.42. The van der Waals surface area contributed by atoms with Crippen molar-refractivity contribution in [1.29, 1.82) is 0 Å². The van der Waals surface area contributed by atoms with Crippen LogP contribution in [0.3, 0.4) is 0 Å². The third-order valence-corrected chi connectivity index (χ3v) is 6.11. The highest BCUT2D eigenvalue weighted by Crippen LogP contribution is 2.40. The normalized spacial score (nSPS) is 27.4. The molecule has 3 rings (SSSR count). The number of hydrogen-bond donors (Lipinski definition) is 2. The number of carbonyl (C=O) groups excluding carboxylic acids is 1. The van der Waals surface area contributed by atoms with E-state index in [9.17, 15) is 4.79 Å². The maximum atomic E-state index is 13.3. The standard InChI is InChI=1S/C19H27BrN2O/c1-14-13-21-11-8-17(14)22-18(23)19(9-3-2-4-10-19)15-6-5-7-16(20)12-15/h5-7,12,14,17,21H,2-4,8-11,13H2,1H3,(H,22,23). The largest absolute Gasteiger partial charge is 0.352 e. The van der Waals surface area contributed by atoms with Crippen LogP contribution in [0, 0.1) is 5.92 Å². The summed E-state index contributed by atoms with van der Waals surface area (Å²) in [5, 5.41) is 6.81. The molecule has 0 spiro atoms. The number of benzene rings is 1. The Morgan fingerprint density at radius 3 is 2.78 bits per heavy atom. The van der Waals surface area contributed by atoms with Crippen molar-refractivity contribution >= 4 is 21.8 Å². The third kappa shape index (κ3) is 3.63. The zero-order valence-corrected chi connectivity index (χ0v) is 15.5. The number of amides is 1. The van der Waals surface area contributed by atoms with E-state index in [2.05, 4.69) is 51.7 Å². The van der Waals surface area contributed by atoms with Gasteiger partial charge in [0.05, 0.1) is 5.41 Å². The quantitative estimate of drug-likeness (QED) is 0.840. The van der Waals surface area contributed by atoms with Crippen LogP contribution in [-0.4, -0.2) is 25.0 Å². The summed E-state index contributed by atoms with van der Waals surface area (Å²) in [5.74, 6) is 0.741. The first-order chi connectivity index (χ1) is 11.1. The molecule has 1 saturated carbocycles. The van der Waals surface area contributed by atoms with Gasteiger partial charge >= 0.3 is 0 Å². The molecule has 23 heavy (non-hydrogen) atoms. The predicted molar refractivity (Wildman–Crippen MR) is 97.5 cm³/mol.